The van der Waals surface area contributed by atoms with E-state index >= 15 is 0 Å². The number of aromatic nitrogens is 5. The standard InChI is InChI=1S/C17H19N7O2/c1-3-23-9-12(11(2)20-23)14-4-5-18-15-8-13(21-24(14)15)17(26)22-7-6-19-16(25)10-22/h4-5,8-9H,3,6-7,10H2,1-2H3,(H,19,25). The fourth-order valence-electron chi connectivity index (χ4n) is 3.11. The third kappa shape index (κ3) is 2.71. The Hall–Kier alpha value is -3.23. The van der Waals surface area contributed by atoms with Crippen LogP contribution >= 0.6 is 0 Å². The van der Waals surface area contributed by atoms with Gasteiger partial charge in [-0.3, -0.25) is 14.3 Å². The van der Waals surface area contributed by atoms with Crippen LogP contribution in [0.15, 0.2) is 24.5 Å². The normalized spacial score (nSPS) is 14.7. The predicted molar refractivity (Wildman–Crippen MR) is 93.5 cm³/mol. The van der Waals surface area contributed by atoms with Crippen molar-refractivity contribution in [3.63, 3.8) is 0 Å². The first-order chi connectivity index (χ1) is 12.6. The molecule has 1 N–H and O–H groups in total. The van der Waals surface area contributed by atoms with E-state index in [9.17, 15) is 9.59 Å². The van der Waals surface area contributed by atoms with Gasteiger partial charge in [0, 0.05) is 43.7 Å². The molecule has 1 aliphatic heterocycles. The molecule has 2 amide bonds. The van der Waals surface area contributed by atoms with Crippen LogP contribution in [0.3, 0.4) is 0 Å². The Bertz CT molecular complexity index is 1000. The highest BCUT2D eigenvalue weighted by Gasteiger charge is 2.25. The van der Waals surface area contributed by atoms with Crippen molar-refractivity contribution in [1.82, 2.24) is 34.6 Å². The van der Waals surface area contributed by atoms with E-state index in [-0.39, 0.29) is 24.1 Å². The van der Waals surface area contributed by atoms with Gasteiger partial charge in [0.05, 0.1) is 17.9 Å². The molecule has 0 bridgehead atoms. The van der Waals surface area contributed by atoms with E-state index in [4.69, 9.17) is 0 Å². The molecule has 3 aromatic heterocycles. The minimum atomic E-state index is -0.266. The average molecular weight is 353 g/mol. The Morgan fingerprint density at radius 2 is 2.19 bits per heavy atom. The summed E-state index contributed by atoms with van der Waals surface area (Å²) in [6.45, 7) is 5.72. The maximum atomic E-state index is 12.7. The van der Waals surface area contributed by atoms with Crippen LogP contribution in [0.2, 0.25) is 0 Å². The van der Waals surface area contributed by atoms with Crippen molar-refractivity contribution in [2.45, 2.75) is 20.4 Å². The van der Waals surface area contributed by atoms with Gasteiger partial charge in [-0.15, -0.1) is 0 Å². The fraction of sp³-hybridized carbons (Fsp3) is 0.353. The smallest absolute Gasteiger partial charge is 0.274 e. The van der Waals surface area contributed by atoms with E-state index in [1.807, 2.05) is 30.8 Å². The van der Waals surface area contributed by atoms with Crippen molar-refractivity contribution in [2.75, 3.05) is 19.6 Å². The second-order valence-corrected chi connectivity index (χ2v) is 6.19. The van der Waals surface area contributed by atoms with Gasteiger partial charge in [-0.2, -0.15) is 10.2 Å². The van der Waals surface area contributed by atoms with Crippen LogP contribution in [0.25, 0.3) is 16.9 Å². The number of carbonyl (C=O) groups excluding carboxylic acids is 2. The highest BCUT2D eigenvalue weighted by molar-refractivity contribution is 5.96. The quantitative estimate of drug-likeness (QED) is 0.739. The van der Waals surface area contributed by atoms with E-state index < -0.39 is 0 Å². The topological polar surface area (TPSA) is 97.4 Å². The molecule has 0 radical (unpaired) electrons. The number of carbonyl (C=O) groups is 2. The lowest BCUT2D eigenvalue weighted by Crippen LogP contribution is -2.50. The molecule has 0 spiro atoms. The number of fused-ring (bicyclic) bond motifs is 1. The van der Waals surface area contributed by atoms with Crippen LogP contribution in [-0.2, 0) is 11.3 Å². The SMILES string of the molecule is CCn1cc(-c2ccnc3cc(C(=O)N4CCNC(=O)C4)nn23)c(C)n1. The van der Waals surface area contributed by atoms with E-state index in [0.29, 0.717) is 18.7 Å². The second kappa shape index (κ2) is 6.25. The number of nitrogens with zero attached hydrogens (tertiary/aromatic N) is 6. The molecule has 4 rings (SSSR count). The molecule has 0 atom stereocenters. The van der Waals surface area contributed by atoms with Gasteiger partial charge in [0.25, 0.3) is 5.91 Å². The molecule has 0 aliphatic carbocycles. The molecule has 1 saturated heterocycles. The van der Waals surface area contributed by atoms with Gasteiger partial charge in [0.15, 0.2) is 11.3 Å². The Morgan fingerprint density at radius 1 is 1.35 bits per heavy atom. The Morgan fingerprint density at radius 3 is 2.92 bits per heavy atom. The fourth-order valence-corrected chi connectivity index (χ4v) is 3.11. The monoisotopic (exact) mass is 353 g/mol. The molecule has 0 saturated carbocycles. The zero-order valence-electron chi connectivity index (χ0n) is 14.6. The number of nitrogens with one attached hydrogen (secondary N) is 1. The average Bonchev–Trinajstić information content (AvgIpc) is 3.24. The van der Waals surface area contributed by atoms with Crippen molar-refractivity contribution in [3.8, 4) is 11.3 Å². The first-order valence-electron chi connectivity index (χ1n) is 8.52. The van der Waals surface area contributed by atoms with E-state index in [1.54, 1.807) is 16.8 Å². The zero-order chi connectivity index (χ0) is 18.3. The minimum absolute atomic E-state index is 0.0510. The van der Waals surface area contributed by atoms with Gasteiger partial charge in [0.1, 0.15) is 0 Å². The van der Waals surface area contributed by atoms with Gasteiger partial charge in [-0.05, 0) is 19.9 Å². The second-order valence-electron chi connectivity index (χ2n) is 6.19. The summed E-state index contributed by atoms with van der Waals surface area (Å²) in [7, 11) is 0. The summed E-state index contributed by atoms with van der Waals surface area (Å²) in [5, 5.41) is 11.6. The number of piperazine rings is 1. The lowest BCUT2D eigenvalue weighted by Gasteiger charge is -2.25. The maximum absolute atomic E-state index is 12.7. The van der Waals surface area contributed by atoms with Crippen LogP contribution in [-0.4, -0.2) is 60.7 Å². The van der Waals surface area contributed by atoms with Crippen LogP contribution in [0.1, 0.15) is 23.1 Å². The summed E-state index contributed by atoms with van der Waals surface area (Å²) in [5.41, 5.74) is 3.51. The summed E-state index contributed by atoms with van der Waals surface area (Å²) < 4.78 is 3.51. The molecule has 1 aliphatic rings. The van der Waals surface area contributed by atoms with Crippen LogP contribution < -0.4 is 5.32 Å². The maximum Gasteiger partial charge on any atom is 0.274 e. The van der Waals surface area contributed by atoms with Crippen molar-refractivity contribution >= 4 is 17.5 Å². The molecular weight excluding hydrogens is 334 g/mol. The molecule has 0 unspecified atom stereocenters. The van der Waals surface area contributed by atoms with Crippen molar-refractivity contribution < 1.29 is 9.59 Å². The van der Waals surface area contributed by atoms with Gasteiger partial charge >= 0.3 is 0 Å². The lowest BCUT2D eigenvalue weighted by atomic mass is 10.2. The summed E-state index contributed by atoms with van der Waals surface area (Å²) in [5.74, 6) is -0.424. The van der Waals surface area contributed by atoms with Gasteiger partial charge in [-0.25, -0.2) is 9.50 Å². The largest absolute Gasteiger partial charge is 0.353 e. The first-order valence-corrected chi connectivity index (χ1v) is 8.52. The Kier molecular flexibility index (Phi) is 3.90. The summed E-state index contributed by atoms with van der Waals surface area (Å²) >= 11 is 0. The molecule has 3 aromatic rings. The van der Waals surface area contributed by atoms with Crippen molar-refractivity contribution in [2.24, 2.45) is 0 Å². The molecule has 9 nitrogen and oxygen atoms in total. The molecule has 1 fully saturated rings. The van der Waals surface area contributed by atoms with E-state index in [2.05, 4.69) is 20.5 Å². The Labute approximate surface area is 149 Å². The first kappa shape index (κ1) is 16.2. The summed E-state index contributed by atoms with van der Waals surface area (Å²) in [6.07, 6.45) is 3.65. The molecular formula is C17H19N7O2. The predicted octanol–water partition coefficient (Wildman–Crippen LogP) is 0.493. The molecule has 0 aromatic carbocycles. The van der Waals surface area contributed by atoms with Gasteiger partial charge in [-0.1, -0.05) is 0 Å². The zero-order valence-corrected chi connectivity index (χ0v) is 14.6. The van der Waals surface area contributed by atoms with Crippen LogP contribution in [0.5, 0.6) is 0 Å². The molecule has 9 heteroatoms. The van der Waals surface area contributed by atoms with Crippen LogP contribution in [0.4, 0.5) is 0 Å². The van der Waals surface area contributed by atoms with Crippen molar-refractivity contribution in [1.29, 1.82) is 0 Å². The van der Waals surface area contributed by atoms with Crippen LogP contribution in [0, 0.1) is 6.92 Å². The Balaban J connectivity index is 1.74. The van der Waals surface area contributed by atoms with Gasteiger partial charge < -0.3 is 10.2 Å². The van der Waals surface area contributed by atoms with E-state index in [0.717, 1.165) is 23.5 Å². The highest BCUT2D eigenvalue weighted by atomic mass is 16.2. The third-order valence-corrected chi connectivity index (χ3v) is 4.45. The summed E-state index contributed by atoms with van der Waals surface area (Å²) in [6, 6.07) is 3.50. The highest BCUT2D eigenvalue weighted by Crippen LogP contribution is 2.23. The lowest BCUT2D eigenvalue weighted by molar-refractivity contribution is -0.123. The number of hydrogen-bond donors (Lipinski definition) is 1. The number of rotatable bonds is 3. The number of amides is 2. The molecule has 26 heavy (non-hydrogen) atoms. The minimum Gasteiger partial charge on any atom is -0.353 e. The molecule has 4 heterocycles. The van der Waals surface area contributed by atoms with E-state index in [1.165, 1.54) is 4.90 Å². The third-order valence-electron chi connectivity index (χ3n) is 4.45. The van der Waals surface area contributed by atoms with Gasteiger partial charge in [0.2, 0.25) is 5.91 Å². The number of hydrogen-bond acceptors (Lipinski definition) is 5. The van der Waals surface area contributed by atoms with Crippen molar-refractivity contribution in [3.05, 3.63) is 35.9 Å². The molecule has 134 valence electrons. The summed E-state index contributed by atoms with van der Waals surface area (Å²) in [4.78, 5) is 30.1. The number of aryl methyl sites for hydroxylation is 2.